The number of likely N-dealkylation sites (tertiary alicyclic amines) is 1. The monoisotopic (exact) mass is 300 g/mol. The molecule has 2 heterocycles. The summed E-state index contributed by atoms with van der Waals surface area (Å²) in [6.07, 6.45) is 11.2. The molecule has 5 nitrogen and oxygen atoms in total. The SMILES string of the molecule is O=C(O)c1ccnc(C(=O)N2CCCC3(CC=CCC3)C2)c1. The standard InChI is InChI=1S/C17H20N2O3/c20-15(14-11-13(16(21)22)5-9-18-14)19-10-4-8-17(12-19)6-2-1-3-7-17/h1-2,5,9,11H,3-4,6-8,10,12H2,(H,21,22). The molecule has 0 bridgehead atoms. The highest BCUT2D eigenvalue weighted by Crippen LogP contribution is 2.40. The molecule has 1 N–H and O–H groups in total. The number of amides is 1. The second kappa shape index (κ2) is 5.91. The third-order valence-corrected chi connectivity index (χ3v) is 4.73. The Bertz CT molecular complexity index is 626. The maximum absolute atomic E-state index is 12.7. The van der Waals surface area contributed by atoms with E-state index in [9.17, 15) is 9.59 Å². The number of carboxylic acid groups (broad SMARTS) is 1. The molecule has 0 aromatic carbocycles. The Kier molecular flexibility index (Phi) is 3.96. The van der Waals surface area contributed by atoms with E-state index < -0.39 is 5.97 Å². The molecule has 1 spiro atoms. The van der Waals surface area contributed by atoms with Gasteiger partial charge in [-0.1, -0.05) is 12.2 Å². The number of aromatic carboxylic acids is 1. The molecule has 5 heteroatoms. The number of aromatic nitrogens is 1. The minimum atomic E-state index is -1.04. The number of rotatable bonds is 2. The average molecular weight is 300 g/mol. The molecule has 1 aromatic rings. The van der Waals surface area contributed by atoms with Gasteiger partial charge in [0.05, 0.1) is 5.56 Å². The maximum Gasteiger partial charge on any atom is 0.335 e. The van der Waals surface area contributed by atoms with Gasteiger partial charge in [-0.05, 0) is 49.7 Å². The Hall–Kier alpha value is -2.17. The van der Waals surface area contributed by atoms with Crippen molar-refractivity contribution < 1.29 is 14.7 Å². The van der Waals surface area contributed by atoms with Crippen LogP contribution in [0.15, 0.2) is 30.5 Å². The van der Waals surface area contributed by atoms with Crippen LogP contribution in [-0.4, -0.2) is 40.0 Å². The number of piperidine rings is 1. The number of pyridine rings is 1. The number of carbonyl (C=O) groups excluding carboxylic acids is 1. The second-order valence-corrected chi connectivity index (χ2v) is 6.28. The first-order chi connectivity index (χ1) is 10.6. The van der Waals surface area contributed by atoms with Gasteiger partial charge in [-0.15, -0.1) is 0 Å². The molecule has 22 heavy (non-hydrogen) atoms. The number of nitrogens with zero attached hydrogens (tertiary/aromatic N) is 2. The fraction of sp³-hybridized carbons (Fsp3) is 0.471. The first-order valence-corrected chi connectivity index (χ1v) is 7.73. The van der Waals surface area contributed by atoms with Crippen molar-refractivity contribution in [2.24, 2.45) is 5.41 Å². The van der Waals surface area contributed by atoms with Gasteiger partial charge in [-0.25, -0.2) is 4.79 Å². The van der Waals surface area contributed by atoms with E-state index in [1.807, 2.05) is 4.90 Å². The van der Waals surface area contributed by atoms with Gasteiger partial charge in [0.15, 0.2) is 0 Å². The van der Waals surface area contributed by atoms with Crippen molar-refractivity contribution in [3.8, 4) is 0 Å². The number of carboxylic acids is 1. The largest absolute Gasteiger partial charge is 0.478 e. The van der Waals surface area contributed by atoms with Gasteiger partial charge < -0.3 is 10.0 Å². The van der Waals surface area contributed by atoms with E-state index >= 15 is 0 Å². The quantitative estimate of drug-likeness (QED) is 0.853. The third kappa shape index (κ3) is 2.89. The molecule has 1 unspecified atom stereocenters. The molecule has 0 radical (unpaired) electrons. The third-order valence-electron chi connectivity index (χ3n) is 4.73. The highest BCUT2D eigenvalue weighted by atomic mass is 16.4. The van der Waals surface area contributed by atoms with E-state index in [0.717, 1.165) is 45.2 Å². The van der Waals surface area contributed by atoms with Crippen LogP contribution in [0.25, 0.3) is 0 Å². The van der Waals surface area contributed by atoms with Crippen LogP contribution < -0.4 is 0 Å². The Morgan fingerprint density at radius 2 is 2.14 bits per heavy atom. The van der Waals surface area contributed by atoms with Gasteiger partial charge in [0.1, 0.15) is 5.69 Å². The van der Waals surface area contributed by atoms with Crippen LogP contribution in [0, 0.1) is 5.41 Å². The normalized spacial score (nSPS) is 24.5. The zero-order valence-corrected chi connectivity index (χ0v) is 12.5. The summed E-state index contributed by atoms with van der Waals surface area (Å²) in [6, 6.07) is 2.77. The molecule has 1 saturated heterocycles. The molecular weight excluding hydrogens is 280 g/mol. The van der Waals surface area contributed by atoms with Gasteiger partial charge in [-0.2, -0.15) is 0 Å². The summed E-state index contributed by atoms with van der Waals surface area (Å²) in [5.41, 5.74) is 0.529. The number of carbonyl (C=O) groups is 2. The lowest BCUT2D eigenvalue weighted by Crippen LogP contribution is -2.46. The predicted molar refractivity (Wildman–Crippen MR) is 81.8 cm³/mol. The number of allylic oxidation sites excluding steroid dienone is 2. The van der Waals surface area contributed by atoms with Crippen LogP contribution in [0.2, 0.25) is 0 Å². The summed E-state index contributed by atoms with van der Waals surface area (Å²) in [6.45, 7) is 1.47. The molecule has 1 fully saturated rings. The van der Waals surface area contributed by atoms with E-state index in [2.05, 4.69) is 17.1 Å². The fourth-order valence-corrected chi connectivity index (χ4v) is 3.54. The second-order valence-electron chi connectivity index (χ2n) is 6.28. The van der Waals surface area contributed by atoms with Crippen molar-refractivity contribution in [2.75, 3.05) is 13.1 Å². The van der Waals surface area contributed by atoms with Gasteiger partial charge >= 0.3 is 5.97 Å². The first-order valence-electron chi connectivity index (χ1n) is 7.73. The first kappa shape index (κ1) is 14.8. The Balaban J connectivity index is 1.78. The molecule has 1 atom stereocenters. The highest BCUT2D eigenvalue weighted by Gasteiger charge is 2.37. The Morgan fingerprint density at radius 1 is 1.27 bits per heavy atom. The smallest absolute Gasteiger partial charge is 0.335 e. The summed E-state index contributed by atoms with van der Waals surface area (Å²) < 4.78 is 0. The topological polar surface area (TPSA) is 70.5 Å². The van der Waals surface area contributed by atoms with Crippen LogP contribution in [0.5, 0.6) is 0 Å². The highest BCUT2D eigenvalue weighted by molar-refractivity contribution is 5.95. The van der Waals surface area contributed by atoms with Crippen LogP contribution >= 0.6 is 0 Å². The Labute approximate surface area is 129 Å². The lowest BCUT2D eigenvalue weighted by atomic mass is 9.71. The summed E-state index contributed by atoms with van der Waals surface area (Å²) in [5.74, 6) is -1.19. The molecule has 1 amide bonds. The molecular formula is C17H20N2O3. The van der Waals surface area contributed by atoms with Crippen molar-refractivity contribution >= 4 is 11.9 Å². The molecule has 3 rings (SSSR count). The van der Waals surface area contributed by atoms with Crippen LogP contribution in [0.1, 0.15) is 53.0 Å². The van der Waals surface area contributed by atoms with Crippen molar-refractivity contribution in [2.45, 2.75) is 32.1 Å². The van der Waals surface area contributed by atoms with Gasteiger partial charge in [0.25, 0.3) is 5.91 Å². The van der Waals surface area contributed by atoms with Crippen molar-refractivity contribution in [1.29, 1.82) is 0 Å². The predicted octanol–water partition coefficient (Wildman–Crippen LogP) is 2.74. The molecule has 1 aliphatic carbocycles. The van der Waals surface area contributed by atoms with E-state index in [0.29, 0.717) is 0 Å². The fourth-order valence-electron chi connectivity index (χ4n) is 3.54. The lowest BCUT2D eigenvalue weighted by Gasteiger charge is -2.43. The summed E-state index contributed by atoms with van der Waals surface area (Å²) in [4.78, 5) is 29.6. The van der Waals surface area contributed by atoms with Gasteiger partial charge in [0.2, 0.25) is 0 Å². The van der Waals surface area contributed by atoms with E-state index in [1.54, 1.807) is 0 Å². The van der Waals surface area contributed by atoms with Crippen molar-refractivity contribution in [3.05, 3.63) is 41.7 Å². The number of hydrogen-bond donors (Lipinski definition) is 1. The lowest BCUT2D eigenvalue weighted by molar-refractivity contribution is 0.0479. The van der Waals surface area contributed by atoms with Gasteiger partial charge in [-0.3, -0.25) is 9.78 Å². The molecule has 116 valence electrons. The summed E-state index contributed by atoms with van der Waals surface area (Å²) in [5, 5.41) is 9.04. The van der Waals surface area contributed by atoms with E-state index in [-0.39, 0.29) is 22.6 Å². The number of hydrogen-bond acceptors (Lipinski definition) is 3. The average Bonchev–Trinajstić information content (AvgIpc) is 2.55. The van der Waals surface area contributed by atoms with Crippen LogP contribution in [0.3, 0.4) is 0 Å². The molecule has 2 aliphatic rings. The van der Waals surface area contributed by atoms with Crippen molar-refractivity contribution in [3.63, 3.8) is 0 Å². The summed E-state index contributed by atoms with van der Waals surface area (Å²) in [7, 11) is 0. The zero-order chi connectivity index (χ0) is 15.6. The molecule has 1 aromatic heterocycles. The summed E-state index contributed by atoms with van der Waals surface area (Å²) >= 11 is 0. The minimum Gasteiger partial charge on any atom is -0.478 e. The minimum absolute atomic E-state index is 0.102. The zero-order valence-electron chi connectivity index (χ0n) is 12.5. The molecule has 1 aliphatic heterocycles. The Morgan fingerprint density at radius 3 is 2.86 bits per heavy atom. The van der Waals surface area contributed by atoms with Crippen LogP contribution in [-0.2, 0) is 0 Å². The van der Waals surface area contributed by atoms with Crippen molar-refractivity contribution in [1.82, 2.24) is 9.88 Å². The van der Waals surface area contributed by atoms with Crippen LogP contribution in [0.4, 0.5) is 0 Å². The van der Waals surface area contributed by atoms with E-state index in [4.69, 9.17) is 5.11 Å². The van der Waals surface area contributed by atoms with Gasteiger partial charge in [0, 0.05) is 19.3 Å². The molecule has 0 saturated carbocycles. The van der Waals surface area contributed by atoms with E-state index in [1.165, 1.54) is 18.3 Å². The maximum atomic E-state index is 12.7.